The Morgan fingerprint density at radius 2 is 2.09 bits per heavy atom. The first-order chi connectivity index (χ1) is 10.3. The van der Waals surface area contributed by atoms with Crippen molar-refractivity contribution in [2.75, 3.05) is 33.2 Å². The van der Waals surface area contributed by atoms with Crippen LogP contribution in [0, 0.1) is 5.92 Å². The molecule has 7 heteroatoms. The maximum Gasteiger partial charge on any atom is 0.220 e. The lowest BCUT2D eigenvalue weighted by Crippen LogP contribution is -2.38. The maximum absolute atomic E-state index is 11.7. The first kappa shape index (κ1) is 22.7. The third-order valence-corrected chi connectivity index (χ3v) is 4.95. The Hall–Kier alpha value is -0.330. The van der Waals surface area contributed by atoms with E-state index in [4.69, 9.17) is 0 Å². The van der Waals surface area contributed by atoms with Gasteiger partial charge in [-0.1, -0.05) is 6.07 Å². The van der Waals surface area contributed by atoms with Crippen LogP contribution in [0.4, 0.5) is 0 Å². The second-order valence-electron chi connectivity index (χ2n) is 5.81. The number of likely N-dealkylation sites (tertiary alicyclic amines) is 1. The molecule has 1 aliphatic heterocycles. The number of carbonyl (C=O) groups is 1. The average Bonchev–Trinajstić information content (AvgIpc) is 3.00. The SMILES string of the molecule is CNCCCC(=O)NCC1CCN(Cc2cccs2)CC1.Cl.Cl. The quantitative estimate of drug-likeness (QED) is 0.680. The van der Waals surface area contributed by atoms with Crippen molar-refractivity contribution in [1.29, 1.82) is 0 Å². The van der Waals surface area contributed by atoms with Gasteiger partial charge in [-0.3, -0.25) is 9.69 Å². The normalized spacial score (nSPS) is 15.5. The molecule has 0 saturated carbocycles. The maximum atomic E-state index is 11.7. The number of nitrogens with zero attached hydrogens (tertiary/aromatic N) is 1. The fourth-order valence-electron chi connectivity index (χ4n) is 2.74. The highest BCUT2D eigenvalue weighted by Gasteiger charge is 2.19. The minimum atomic E-state index is 0. The van der Waals surface area contributed by atoms with Gasteiger partial charge in [-0.05, 0) is 63.3 Å². The van der Waals surface area contributed by atoms with Crippen LogP contribution in [-0.4, -0.2) is 44.0 Å². The molecule has 134 valence electrons. The summed E-state index contributed by atoms with van der Waals surface area (Å²) < 4.78 is 0. The molecule has 1 aromatic rings. The molecule has 1 fully saturated rings. The Morgan fingerprint density at radius 1 is 1.35 bits per heavy atom. The van der Waals surface area contributed by atoms with Crippen molar-refractivity contribution in [3.05, 3.63) is 22.4 Å². The Balaban J connectivity index is 0.00000242. The number of carbonyl (C=O) groups excluding carboxylic acids is 1. The molecule has 0 spiro atoms. The third kappa shape index (κ3) is 8.91. The fraction of sp³-hybridized carbons (Fsp3) is 0.688. The lowest BCUT2D eigenvalue weighted by atomic mass is 9.96. The first-order valence-electron chi connectivity index (χ1n) is 7.94. The molecular formula is C16H29Cl2N3OS. The zero-order valence-electron chi connectivity index (χ0n) is 13.8. The lowest BCUT2D eigenvalue weighted by molar-refractivity contribution is -0.121. The summed E-state index contributed by atoms with van der Waals surface area (Å²) in [6.45, 7) is 5.15. The zero-order chi connectivity index (χ0) is 14.9. The van der Waals surface area contributed by atoms with E-state index in [-0.39, 0.29) is 30.7 Å². The Morgan fingerprint density at radius 3 is 2.70 bits per heavy atom. The van der Waals surface area contributed by atoms with Crippen LogP contribution in [0.25, 0.3) is 0 Å². The first-order valence-corrected chi connectivity index (χ1v) is 8.82. The molecule has 4 nitrogen and oxygen atoms in total. The van der Waals surface area contributed by atoms with E-state index < -0.39 is 0 Å². The van der Waals surface area contributed by atoms with Crippen LogP contribution >= 0.6 is 36.2 Å². The highest BCUT2D eigenvalue weighted by atomic mass is 35.5. The van der Waals surface area contributed by atoms with Crippen molar-refractivity contribution >= 4 is 42.1 Å². The molecule has 0 radical (unpaired) electrons. The number of halogens is 2. The van der Waals surface area contributed by atoms with Gasteiger partial charge in [-0.25, -0.2) is 0 Å². The van der Waals surface area contributed by atoms with Gasteiger partial charge in [0.15, 0.2) is 0 Å². The van der Waals surface area contributed by atoms with Crippen molar-refractivity contribution in [2.24, 2.45) is 5.92 Å². The van der Waals surface area contributed by atoms with Crippen LogP contribution in [-0.2, 0) is 11.3 Å². The number of amides is 1. The monoisotopic (exact) mass is 381 g/mol. The minimum Gasteiger partial charge on any atom is -0.356 e. The summed E-state index contributed by atoms with van der Waals surface area (Å²) in [5.74, 6) is 0.851. The number of hydrogen-bond acceptors (Lipinski definition) is 4. The van der Waals surface area contributed by atoms with Crippen molar-refractivity contribution in [2.45, 2.75) is 32.2 Å². The molecule has 1 saturated heterocycles. The molecule has 0 bridgehead atoms. The highest BCUT2D eigenvalue weighted by Crippen LogP contribution is 2.20. The smallest absolute Gasteiger partial charge is 0.220 e. The predicted octanol–water partition coefficient (Wildman–Crippen LogP) is 2.92. The molecular weight excluding hydrogens is 353 g/mol. The second kappa shape index (κ2) is 13.0. The molecule has 0 unspecified atom stereocenters. The van der Waals surface area contributed by atoms with Gasteiger partial charge in [0, 0.05) is 24.4 Å². The second-order valence-corrected chi connectivity index (χ2v) is 6.84. The topological polar surface area (TPSA) is 44.4 Å². The molecule has 1 aliphatic rings. The van der Waals surface area contributed by atoms with E-state index in [9.17, 15) is 4.79 Å². The van der Waals surface area contributed by atoms with Gasteiger partial charge in [0.2, 0.25) is 5.91 Å². The van der Waals surface area contributed by atoms with Gasteiger partial charge < -0.3 is 10.6 Å². The number of nitrogens with one attached hydrogen (secondary N) is 2. The Kier molecular flexibility index (Phi) is 12.8. The number of piperidine rings is 1. The third-order valence-electron chi connectivity index (χ3n) is 4.09. The Labute approximate surface area is 156 Å². The molecule has 23 heavy (non-hydrogen) atoms. The van der Waals surface area contributed by atoms with Gasteiger partial charge >= 0.3 is 0 Å². The van der Waals surface area contributed by atoms with Crippen molar-refractivity contribution < 1.29 is 4.79 Å². The van der Waals surface area contributed by atoms with Crippen LogP contribution in [0.3, 0.4) is 0 Å². The van der Waals surface area contributed by atoms with Gasteiger partial charge in [0.05, 0.1) is 0 Å². The molecule has 0 aliphatic carbocycles. The van der Waals surface area contributed by atoms with Crippen molar-refractivity contribution in [3.63, 3.8) is 0 Å². The van der Waals surface area contributed by atoms with E-state index in [0.29, 0.717) is 12.3 Å². The molecule has 0 aromatic carbocycles. The van der Waals surface area contributed by atoms with Gasteiger partial charge in [0.1, 0.15) is 0 Å². The summed E-state index contributed by atoms with van der Waals surface area (Å²) >= 11 is 1.84. The highest BCUT2D eigenvalue weighted by molar-refractivity contribution is 7.09. The van der Waals surface area contributed by atoms with E-state index in [1.165, 1.54) is 17.7 Å². The number of thiophene rings is 1. The summed E-state index contributed by atoms with van der Waals surface area (Å²) in [5.41, 5.74) is 0. The van der Waals surface area contributed by atoms with Gasteiger partial charge in [-0.2, -0.15) is 0 Å². The molecule has 2 N–H and O–H groups in total. The van der Waals surface area contributed by atoms with E-state index in [0.717, 1.165) is 39.1 Å². The molecule has 2 rings (SSSR count). The molecule has 1 amide bonds. The van der Waals surface area contributed by atoms with Gasteiger partial charge in [-0.15, -0.1) is 36.2 Å². The van der Waals surface area contributed by atoms with Crippen LogP contribution in [0.1, 0.15) is 30.6 Å². The largest absolute Gasteiger partial charge is 0.356 e. The Bertz CT molecular complexity index is 409. The molecule has 2 heterocycles. The van der Waals surface area contributed by atoms with E-state index in [1.54, 1.807) is 0 Å². The summed E-state index contributed by atoms with van der Waals surface area (Å²) in [6, 6.07) is 4.33. The van der Waals surface area contributed by atoms with E-state index in [1.807, 2.05) is 18.4 Å². The summed E-state index contributed by atoms with van der Waals surface area (Å²) in [6.07, 6.45) is 3.95. The lowest BCUT2D eigenvalue weighted by Gasteiger charge is -2.31. The van der Waals surface area contributed by atoms with Crippen LogP contribution in [0.2, 0.25) is 0 Å². The van der Waals surface area contributed by atoms with Crippen LogP contribution in [0.15, 0.2) is 17.5 Å². The van der Waals surface area contributed by atoms with Crippen LogP contribution < -0.4 is 10.6 Å². The zero-order valence-corrected chi connectivity index (χ0v) is 16.2. The summed E-state index contributed by atoms with van der Waals surface area (Å²) in [4.78, 5) is 15.7. The van der Waals surface area contributed by atoms with Crippen molar-refractivity contribution in [1.82, 2.24) is 15.5 Å². The van der Waals surface area contributed by atoms with Gasteiger partial charge in [0.25, 0.3) is 0 Å². The number of rotatable bonds is 8. The van der Waals surface area contributed by atoms with E-state index in [2.05, 4.69) is 33.0 Å². The average molecular weight is 382 g/mol. The molecule has 0 atom stereocenters. The molecule has 1 aromatic heterocycles. The number of hydrogen-bond donors (Lipinski definition) is 2. The fourth-order valence-corrected chi connectivity index (χ4v) is 3.49. The summed E-state index contributed by atoms with van der Waals surface area (Å²) in [5, 5.41) is 8.30. The van der Waals surface area contributed by atoms with Crippen molar-refractivity contribution in [3.8, 4) is 0 Å². The minimum absolute atomic E-state index is 0. The summed E-state index contributed by atoms with van der Waals surface area (Å²) in [7, 11) is 1.92. The van der Waals surface area contributed by atoms with E-state index >= 15 is 0 Å². The standard InChI is InChI=1S/C16H27N3OS.2ClH/c1-17-8-2-5-16(20)18-12-14-6-9-19(10-7-14)13-15-4-3-11-21-15;;/h3-4,11,14,17H,2,5-10,12-13H2,1H3,(H,18,20);2*1H. The predicted molar refractivity (Wildman–Crippen MR) is 103 cm³/mol. The van der Waals surface area contributed by atoms with Crippen LogP contribution in [0.5, 0.6) is 0 Å².